The quantitative estimate of drug-likeness (QED) is 0.506. The molecular formula is C10H14N4OS. The number of hydrogen-bond acceptors (Lipinski definition) is 4. The molecule has 4 N–H and O–H groups in total. The fourth-order valence-corrected chi connectivity index (χ4v) is 1.36. The number of hydrogen-bond donors (Lipinski definition) is 3. The summed E-state index contributed by atoms with van der Waals surface area (Å²) in [5.74, 6) is -0.0532. The van der Waals surface area contributed by atoms with E-state index in [1.54, 1.807) is 18.5 Å². The minimum Gasteiger partial charge on any atom is -0.389 e. The predicted molar refractivity (Wildman–Crippen MR) is 67.3 cm³/mol. The van der Waals surface area contributed by atoms with Gasteiger partial charge in [0.1, 0.15) is 4.99 Å². The molecule has 0 aliphatic carbocycles. The molecule has 0 aromatic carbocycles. The van der Waals surface area contributed by atoms with Crippen molar-refractivity contribution >= 4 is 28.8 Å². The van der Waals surface area contributed by atoms with Crippen LogP contribution < -0.4 is 16.4 Å². The number of pyridine rings is 1. The van der Waals surface area contributed by atoms with Crippen LogP contribution in [0.1, 0.15) is 12.5 Å². The van der Waals surface area contributed by atoms with Crippen molar-refractivity contribution in [1.82, 2.24) is 10.3 Å². The van der Waals surface area contributed by atoms with E-state index in [9.17, 15) is 4.79 Å². The molecular weight excluding hydrogens is 224 g/mol. The number of carbonyl (C=O) groups is 1. The van der Waals surface area contributed by atoms with Crippen molar-refractivity contribution in [3.05, 3.63) is 24.0 Å². The van der Waals surface area contributed by atoms with Gasteiger partial charge in [-0.15, -0.1) is 0 Å². The summed E-state index contributed by atoms with van der Waals surface area (Å²) in [6.07, 6.45) is 3.29. The summed E-state index contributed by atoms with van der Waals surface area (Å²) in [5.41, 5.74) is 7.10. The van der Waals surface area contributed by atoms with Gasteiger partial charge < -0.3 is 16.4 Å². The van der Waals surface area contributed by atoms with E-state index in [-0.39, 0.29) is 5.91 Å². The van der Waals surface area contributed by atoms with Crippen molar-refractivity contribution in [2.24, 2.45) is 5.73 Å². The van der Waals surface area contributed by atoms with Crippen LogP contribution in [0.2, 0.25) is 0 Å². The Hall–Kier alpha value is -1.69. The summed E-state index contributed by atoms with van der Waals surface area (Å²) in [6, 6.07) is 1.75. The number of thiocarbonyl (C=S) groups is 1. The standard InChI is InChI=1S/C10H14N4OS/c1-7(15)13-4-5-14-9-6-12-3-2-8(9)10(11)16/h2-3,6,14H,4-5H2,1H3,(H2,11,16)(H,13,15). The van der Waals surface area contributed by atoms with Crippen LogP contribution >= 0.6 is 12.2 Å². The highest BCUT2D eigenvalue weighted by atomic mass is 32.1. The highest BCUT2D eigenvalue weighted by Gasteiger charge is 2.03. The lowest BCUT2D eigenvalue weighted by Gasteiger charge is -2.10. The average Bonchev–Trinajstić information content (AvgIpc) is 2.24. The number of nitrogens with zero attached hydrogens (tertiary/aromatic N) is 1. The van der Waals surface area contributed by atoms with Crippen LogP contribution in [-0.2, 0) is 4.79 Å². The first-order valence-electron chi connectivity index (χ1n) is 4.83. The summed E-state index contributed by atoms with van der Waals surface area (Å²) in [4.78, 5) is 14.9. The molecule has 0 aliphatic rings. The van der Waals surface area contributed by atoms with Gasteiger partial charge in [0.2, 0.25) is 5.91 Å². The minimum atomic E-state index is -0.0532. The summed E-state index contributed by atoms with van der Waals surface area (Å²) in [5, 5.41) is 5.78. The van der Waals surface area contributed by atoms with Gasteiger partial charge in [-0.25, -0.2) is 0 Å². The van der Waals surface area contributed by atoms with Crippen molar-refractivity contribution in [2.45, 2.75) is 6.92 Å². The largest absolute Gasteiger partial charge is 0.389 e. The zero-order valence-corrected chi connectivity index (χ0v) is 9.80. The van der Waals surface area contributed by atoms with Gasteiger partial charge in [-0.05, 0) is 6.07 Å². The molecule has 0 radical (unpaired) electrons. The van der Waals surface area contributed by atoms with E-state index in [0.717, 1.165) is 11.3 Å². The SMILES string of the molecule is CC(=O)NCCNc1cnccc1C(N)=S. The third-order valence-corrected chi connectivity index (χ3v) is 2.12. The lowest BCUT2D eigenvalue weighted by atomic mass is 10.2. The number of nitrogens with one attached hydrogen (secondary N) is 2. The Morgan fingerprint density at radius 2 is 2.31 bits per heavy atom. The summed E-state index contributed by atoms with van der Waals surface area (Å²) >= 11 is 4.91. The molecule has 0 bridgehead atoms. The Morgan fingerprint density at radius 3 is 2.94 bits per heavy atom. The first kappa shape index (κ1) is 12.4. The number of amides is 1. The van der Waals surface area contributed by atoms with Gasteiger partial charge in [-0.3, -0.25) is 9.78 Å². The third-order valence-electron chi connectivity index (χ3n) is 1.90. The van der Waals surface area contributed by atoms with Gasteiger partial charge >= 0.3 is 0 Å². The van der Waals surface area contributed by atoms with Crippen LogP contribution in [0.4, 0.5) is 5.69 Å². The molecule has 0 spiro atoms. The molecule has 1 amide bonds. The fourth-order valence-electron chi connectivity index (χ4n) is 1.19. The molecule has 1 aromatic heterocycles. The van der Waals surface area contributed by atoms with E-state index in [4.69, 9.17) is 18.0 Å². The molecule has 0 unspecified atom stereocenters. The maximum absolute atomic E-state index is 10.6. The van der Waals surface area contributed by atoms with Gasteiger partial charge in [0.05, 0.1) is 11.9 Å². The van der Waals surface area contributed by atoms with Crippen LogP contribution in [0.25, 0.3) is 0 Å². The Balaban J connectivity index is 2.53. The molecule has 1 rings (SSSR count). The highest BCUT2D eigenvalue weighted by molar-refractivity contribution is 7.80. The van der Waals surface area contributed by atoms with Crippen molar-refractivity contribution in [1.29, 1.82) is 0 Å². The maximum Gasteiger partial charge on any atom is 0.216 e. The van der Waals surface area contributed by atoms with Gasteiger partial charge in [0.15, 0.2) is 0 Å². The monoisotopic (exact) mass is 238 g/mol. The third kappa shape index (κ3) is 3.82. The van der Waals surface area contributed by atoms with E-state index in [0.29, 0.717) is 18.1 Å². The van der Waals surface area contributed by atoms with Crippen LogP contribution in [-0.4, -0.2) is 29.0 Å². The summed E-state index contributed by atoms with van der Waals surface area (Å²) < 4.78 is 0. The molecule has 5 nitrogen and oxygen atoms in total. The second-order valence-corrected chi connectivity index (χ2v) is 3.64. The van der Waals surface area contributed by atoms with Gasteiger partial charge in [-0.2, -0.15) is 0 Å². The Morgan fingerprint density at radius 1 is 1.56 bits per heavy atom. The molecule has 0 saturated carbocycles. The van der Waals surface area contributed by atoms with Crippen LogP contribution in [0, 0.1) is 0 Å². The molecule has 1 aromatic rings. The summed E-state index contributed by atoms with van der Waals surface area (Å²) in [6.45, 7) is 2.62. The summed E-state index contributed by atoms with van der Waals surface area (Å²) in [7, 11) is 0. The number of carbonyl (C=O) groups excluding carboxylic acids is 1. The lowest BCUT2D eigenvalue weighted by Crippen LogP contribution is -2.26. The van der Waals surface area contributed by atoms with E-state index >= 15 is 0 Å². The zero-order valence-electron chi connectivity index (χ0n) is 8.99. The van der Waals surface area contributed by atoms with E-state index in [1.165, 1.54) is 6.92 Å². The molecule has 0 fully saturated rings. The molecule has 0 atom stereocenters. The normalized spacial score (nSPS) is 9.56. The number of aromatic nitrogens is 1. The van der Waals surface area contributed by atoms with Gasteiger partial charge in [-0.1, -0.05) is 12.2 Å². The first-order chi connectivity index (χ1) is 7.61. The van der Waals surface area contributed by atoms with Crippen molar-refractivity contribution in [3.8, 4) is 0 Å². The molecule has 86 valence electrons. The average molecular weight is 238 g/mol. The van der Waals surface area contributed by atoms with Gasteiger partial charge in [0, 0.05) is 31.8 Å². The molecule has 0 saturated heterocycles. The Bertz CT molecular complexity index is 394. The van der Waals surface area contributed by atoms with Crippen LogP contribution in [0.5, 0.6) is 0 Å². The van der Waals surface area contributed by atoms with Crippen molar-refractivity contribution < 1.29 is 4.79 Å². The zero-order chi connectivity index (χ0) is 12.0. The first-order valence-corrected chi connectivity index (χ1v) is 5.24. The van der Waals surface area contributed by atoms with Crippen LogP contribution in [0.15, 0.2) is 18.5 Å². The highest BCUT2D eigenvalue weighted by Crippen LogP contribution is 2.12. The molecule has 1 heterocycles. The van der Waals surface area contributed by atoms with Crippen molar-refractivity contribution in [2.75, 3.05) is 18.4 Å². The molecule has 6 heteroatoms. The maximum atomic E-state index is 10.6. The van der Waals surface area contributed by atoms with Crippen LogP contribution in [0.3, 0.4) is 0 Å². The fraction of sp³-hybridized carbons (Fsp3) is 0.300. The minimum absolute atomic E-state index is 0.0532. The molecule has 0 aliphatic heterocycles. The predicted octanol–water partition coefficient (Wildman–Crippen LogP) is 0.264. The van der Waals surface area contributed by atoms with E-state index in [2.05, 4.69) is 15.6 Å². The van der Waals surface area contributed by atoms with E-state index < -0.39 is 0 Å². The Labute approximate surface area is 99.4 Å². The molecule has 16 heavy (non-hydrogen) atoms. The smallest absolute Gasteiger partial charge is 0.216 e. The number of nitrogens with two attached hydrogens (primary N) is 1. The number of anilines is 1. The topological polar surface area (TPSA) is 80.0 Å². The second-order valence-electron chi connectivity index (χ2n) is 3.20. The Kier molecular flexibility index (Phi) is 4.65. The van der Waals surface area contributed by atoms with Crippen molar-refractivity contribution in [3.63, 3.8) is 0 Å². The lowest BCUT2D eigenvalue weighted by molar-refractivity contribution is -0.118. The van der Waals surface area contributed by atoms with Gasteiger partial charge in [0.25, 0.3) is 0 Å². The van der Waals surface area contributed by atoms with E-state index in [1.807, 2.05) is 0 Å². The second kappa shape index (κ2) is 6.02. The number of rotatable bonds is 5.